The van der Waals surface area contributed by atoms with E-state index in [0.29, 0.717) is 11.6 Å². The number of benzene rings is 3. The molecule has 0 saturated carbocycles. The Morgan fingerprint density at radius 2 is 1.86 bits per heavy atom. The molecule has 29 heavy (non-hydrogen) atoms. The lowest BCUT2D eigenvalue weighted by Gasteiger charge is -2.28. The molecule has 1 aliphatic rings. The third-order valence-electron chi connectivity index (χ3n) is 6.16. The summed E-state index contributed by atoms with van der Waals surface area (Å²) >= 11 is 0. The van der Waals surface area contributed by atoms with Crippen molar-refractivity contribution in [2.24, 2.45) is 0 Å². The van der Waals surface area contributed by atoms with Gasteiger partial charge in [0.2, 0.25) is 0 Å². The molecule has 1 aliphatic carbocycles. The Kier molecular flexibility index (Phi) is 4.36. The quantitative estimate of drug-likeness (QED) is 0.523. The Morgan fingerprint density at radius 3 is 2.69 bits per heavy atom. The fourth-order valence-corrected chi connectivity index (χ4v) is 4.45. The van der Waals surface area contributed by atoms with Gasteiger partial charge in [0.15, 0.2) is 0 Å². The van der Waals surface area contributed by atoms with Crippen LogP contribution in [0.1, 0.15) is 28.0 Å². The van der Waals surface area contributed by atoms with Crippen molar-refractivity contribution >= 4 is 33.3 Å². The standard InChI is InChI=1S/C25H25N3O/c1-28(2)20-10-12-24-22(15-20)21-14-19(9-11-23(21)27-24)26-25(29)18-8-7-16-5-3-4-6-17(16)13-18/h3-9,11,13-14,20,27H,10,12,15H2,1-2H3,(H,26,29). The van der Waals surface area contributed by atoms with E-state index in [1.165, 1.54) is 23.1 Å². The van der Waals surface area contributed by atoms with E-state index in [9.17, 15) is 4.79 Å². The highest BCUT2D eigenvalue weighted by molar-refractivity contribution is 6.07. The Morgan fingerprint density at radius 1 is 1.03 bits per heavy atom. The number of carbonyl (C=O) groups excluding carboxylic acids is 1. The molecule has 1 aromatic heterocycles. The van der Waals surface area contributed by atoms with E-state index in [-0.39, 0.29) is 5.91 Å². The molecule has 5 rings (SSSR count). The van der Waals surface area contributed by atoms with Gasteiger partial charge in [-0.25, -0.2) is 0 Å². The van der Waals surface area contributed by atoms with Crippen LogP contribution in [0.25, 0.3) is 21.7 Å². The molecule has 0 spiro atoms. The highest BCUT2D eigenvalue weighted by Crippen LogP contribution is 2.32. The van der Waals surface area contributed by atoms with Crippen LogP contribution in [0.15, 0.2) is 60.7 Å². The maximum atomic E-state index is 12.8. The summed E-state index contributed by atoms with van der Waals surface area (Å²) in [6, 6.07) is 20.7. The maximum Gasteiger partial charge on any atom is 0.255 e. The molecule has 2 N–H and O–H groups in total. The average molecular weight is 383 g/mol. The summed E-state index contributed by atoms with van der Waals surface area (Å²) < 4.78 is 0. The molecule has 4 nitrogen and oxygen atoms in total. The highest BCUT2D eigenvalue weighted by Gasteiger charge is 2.24. The van der Waals surface area contributed by atoms with Crippen LogP contribution in [0.3, 0.4) is 0 Å². The topological polar surface area (TPSA) is 48.1 Å². The lowest BCUT2D eigenvalue weighted by molar-refractivity contribution is 0.102. The number of amides is 1. The first-order chi connectivity index (χ1) is 14.1. The van der Waals surface area contributed by atoms with E-state index >= 15 is 0 Å². The van der Waals surface area contributed by atoms with Crippen molar-refractivity contribution in [1.82, 2.24) is 9.88 Å². The van der Waals surface area contributed by atoms with Crippen molar-refractivity contribution in [3.63, 3.8) is 0 Å². The third kappa shape index (κ3) is 3.30. The van der Waals surface area contributed by atoms with Crippen LogP contribution >= 0.6 is 0 Å². The molecule has 1 unspecified atom stereocenters. The Bertz CT molecular complexity index is 1220. The number of nitrogens with one attached hydrogen (secondary N) is 2. The van der Waals surface area contributed by atoms with Gasteiger partial charge in [0.1, 0.15) is 0 Å². The minimum absolute atomic E-state index is 0.0781. The first-order valence-corrected chi connectivity index (χ1v) is 10.2. The number of anilines is 1. The molecule has 1 atom stereocenters. The zero-order valence-electron chi connectivity index (χ0n) is 16.8. The lowest BCUT2D eigenvalue weighted by Crippen LogP contribution is -2.33. The first-order valence-electron chi connectivity index (χ1n) is 10.2. The van der Waals surface area contributed by atoms with Crippen molar-refractivity contribution in [2.45, 2.75) is 25.3 Å². The molecular formula is C25H25N3O. The number of H-pyrrole nitrogens is 1. The van der Waals surface area contributed by atoms with E-state index < -0.39 is 0 Å². The first kappa shape index (κ1) is 18.0. The molecule has 0 fully saturated rings. The number of hydrogen-bond donors (Lipinski definition) is 2. The molecule has 0 bridgehead atoms. The smallest absolute Gasteiger partial charge is 0.255 e. The predicted octanol–water partition coefficient (Wildman–Crippen LogP) is 4.99. The molecule has 4 heteroatoms. The summed E-state index contributed by atoms with van der Waals surface area (Å²) in [6.07, 6.45) is 3.30. The van der Waals surface area contributed by atoms with Crippen molar-refractivity contribution in [1.29, 1.82) is 0 Å². The SMILES string of the molecule is CN(C)C1CCc2[nH]c3ccc(NC(=O)c4ccc5ccccc5c4)cc3c2C1. The maximum absolute atomic E-state index is 12.8. The number of carbonyl (C=O) groups is 1. The van der Waals surface area contributed by atoms with Gasteiger partial charge in [-0.05, 0) is 80.0 Å². The summed E-state index contributed by atoms with van der Waals surface area (Å²) in [5, 5.41) is 6.52. The van der Waals surface area contributed by atoms with Gasteiger partial charge in [-0.3, -0.25) is 4.79 Å². The van der Waals surface area contributed by atoms with Crippen LogP contribution in [0, 0.1) is 0 Å². The highest BCUT2D eigenvalue weighted by atomic mass is 16.1. The van der Waals surface area contributed by atoms with E-state index in [1.54, 1.807) is 0 Å². The van der Waals surface area contributed by atoms with Gasteiger partial charge in [-0.15, -0.1) is 0 Å². The number of aryl methyl sites for hydroxylation is 1. The summed E-state index contributed by atoms with van der Waals surface area (Å²) in [6.45, 7) is 0. The zero-order valence-corrected chi connectivity index (χ0v) is 16.8. The number of aromatic nitrogens is 1. The molecule has 4 aromatic rings. The number of likely N-dealkylation sites (N-methyl/N-ethyl adjacent to an activating group) is 1. The number of aromatic amines is 1. The van der Waals surface area contributed by atoms with Gasteiger partial charge < -0.3 is 15.2 Å². The van der Waals surface area contributed by atoms with Gasteiger partial charge in [0, 0.05) is 33.9 Å². The van der Waals surface area contributed by atoms with Crippen molar-refractivity contribution in [3.05, 3.63) is 77.5 Å². The molecule has 0 aliphatic heterocycles. The largest absolute Gasteiger partial charge is 0.358 e. The molecule has 0 saturated heterocycles. The monoisotopic (exact) mass is 383 g/mol. The molecule has 146 valence electrons. The normalized spacial score (nSPS) is 16.3. The van der Waals surface area contributed by atoms with E-state index in [2.05, 4.69) is 47.5 Å². The summed E-state index contributed by atoms with van der Waals surface area (Å²) in [5.41, 5.74) is 5.40. The average Bonchev–Trinajstić information content (AvgIpc) is 3.10. The van der Waals surface area contributed by atoms with E-state index in [0.717, 1.165) is 34.8 Å². The molecule has 3 aromatic carbocycles. The summed E-state index contributed by atoms with van der Waals surface area (Å²) in [4.78, 5) is 18.7. The molecule has 1 amide bonds. The minimum atomic E-state index is -0.0781. The van der Waals surface area contributed by atoms with Crippen molar-refractivity contribution < 1.29 is 4.79 Å². The second-order valence-corrected chi connectivity index (χ2v) is 8.22. The van der Waals surface area contributed by atoms with Gasteiger partial charge in [-0.1, -0.05) is 30.3 Å². The van der Waals surface area contributed by atoms with Crippen LogP contribution in [-0.4, -0.2) is 35.9 Å². The fourth-order valence-electron chi connectivity index (χ4n) is 4.45. The predicted molar refractivity (Wildman–Crippen MR) is 120 cm³/mol. The number of hydrogen-bond acceptors (Lipinski definition) is 2. The lowest BCUT2D eigenvalue weighted by atomic mass is 9.91. The van der Waals surface area contributed by atoms with Crippen LogP contribution in [0.2, 0.25) is 0 Å². The van der Waals surface area contributed by atoms with Crippen LogP contribution in [0.4, 0.5) is 5.69 Å². The second-order valence-electron chi connectivity index (χ2n) is 8.22. The van der Waals surface area contributed by atoms with Gasteiger partial charge in [0.25, 0.3) is 5.91 Å². The Balaban J connectivity index is 1.44. The van der Waals surface area contributed by atoms with E-state index in [1.807, 2.05) is 42.5 Å². The zero-order chi connectivity index (χ0) is 20.0. The van der Waals surface area contributed by atoms with Crippen molar-refractivity contribution in [3.8, 4) is 0 Å². The number of nitrogens with zero attached hydrogens (tertiary/aromatic N) is 1. The van der Waals surface area contributed by atoms with Crippen LogP contribution in [-0.2, 0) is 12.8 Å². The van der Waals surface area contributed by atoms with Crippen LogP contribution in [0.5, 0.6) is 0 Å². The number of rotatable bonds is 3. The molecular weight excluding hydrogens is 358 g/mol. The minimum Gasteiger partial charge on any atom is -0.358 e. The Hall–Kier alpha value is -3.11. The Labute approximate surface area is 170 Å². The molecule has 1 heterocycles. The summed E-state index contributed by atoms with van der Waals surface area (Å²) in [5.74, 6) is -0.0781. The van der Waals surface area contributed by atoms with Gasteiger partial charge >= 0.3 is 0 Å². The van der Waals surface area contributed by atoms with Crippen molar-refractivity contribution in [2.75, 3.05) is 19.4 Å². The van der Waals surface area contributed by atoms with Gasteiger partial charge in [0.05, 0.1) is 0 Å². The fraction of sp³-hybridized carbons (Fsp3) is 0.240. The van der Waals surface area contributed by atoms with Gasteiger partial charge in [-0.2, -0.15) is 0 Å². The molecule has 0 radical (unpaired) electrons. The van der Waals surface area contributed by atoms with E-state index in [4.69, 9.17) is 0 Å². The van der Waals surface area contributed by atoms with Crippen LogP contribution < -0.4 is 5.32 Å². The third-order valence-corrected chi connectivity index (χ3v) is 6.16. The second kappa shape index (κ2) is 7.05. The number of fused-ring (bicyclic) bond motifs is 4. The summed E-state index contributed by atoms with van der Waals surface area (Å²) in [7, 11) is 4.30.